The zero-order valence-corrected chi connectivity index (χ0v) is 9.30. The minimum absolute atomic E-state index is 0.200. The van der Waals surface area contributed by atoms with Crippen LogP contribution in [0, 0.1) is 0 Å². The molecule has 2 aliphatic heterocycles. The van der Waals surface area contributed by atoms with Gasteiger partial charge in [-0.25, -0.2) is 4.39 Å². The third kappa shape index (κ3) is 1.84. The molecule has 1 unspecified atom stereocenters. The maximum atomic E-state index is 13.2. The Morgan fingerprint density at radius 3 is 2.78 bits per heavy atom. The summed E-state index contributed by atoms with van der Waals surface area (Å²) in [5, 5.41) is 2.96. The Kier molecular flexibility index (Phi) is 2.52. The molecule has 3 rings (SSSR count). The van der Waals surface area contributed by atoms with E-state index in [9.17, 15) is 17.6 Å². The molecule has 6 heteroatoms. The Morgan fingerprint density at radius 2 is 2.06 bits per heavy atom. The second-order valence-electron chi connectivity index (χ2n) is 4.63. The molecular weight excluding hydrogens is 250 g/mol. The molecule has 0 bridgehead atoms. The molecule has 98 valence electrons. The molecule has 0 saturated carbocycles. The number of hydrogen-bond acceptors (Lipinski definition) is 2. The fourth-order valence-electron chi connectivity index (χ4n) is 2.52. The van der Waals surface area contributed by atoms with Gasteiger partial charge in [0.1, 0.15) is 18.0 Å². The van der Waals surface area contributed by atoms with Crippen LogP contribution < -0.4 is 10.1 Å². The number of rotatable bonds is 0. The highest BCUT2D eigenvalue weighted by Crippen LogP contribution is 2.43. The number of halogens is 4. The molecule has 2 nitrogen and oxygen atoms in total. The third-order valence-electron chi connectivity index (χ3n) is 3.37. The first kappa shape index (κ1) is 11.8. The predicted octanol–water partition coefficient (Wildman–Crippen LogP) is 2.84. The van der Waals surface area contributed by atoms with E-state index in [2.05, 4.69) is 5.32 Å². The van der Waals surface area contributed by atoms with Crippen molar-refractivity contribution in [3.8, 4) is 5.75 Å². The highest BCUT2D eigenvalue weighted by Gasteiger charge is 2.41. The van der Waals surface area contributed by atoms with Crippen LogP contribution in [0.1, 0.15) is 23.6 Å². The second kappa shape index (κ2) is 3.85. The van der Waals surface area contributed by atoms with Gasteiger partial charge in [0, 0.05) is 18.5 Å². The fourth-order valence-corrected chi connectivity index (χ4v) is 2.52. The summed E-state index contributed by atoms with van der Waals surface area (Å²) in [7, 11) is 0. The molecule has 1 fully saturated rings. The van der Waals surface area contributed by atoms with Crippen LogP contribution in [0.3, 0.4) is 0 Å². The van der Waals surface area contributed by atoms with E-state index in [1.165, 1.54) is 6.07 Å². The summed E-state index contributed by atoms with van der Waals surface area (Å²) in [5.74, 6) is 0.210. The summed E-state index contributed by atoms with van der Waals surface area (Å²) >= 11 is 0. The summed E-state index contributed by atoms with van der Waals surface area (Å²) in [5.41, 5.74) is -0.0587. The van der Waals surface area contributed by atoms with Crippen molar-refractivity contribution in [3.05, 3.63) is 29.3 Å². The molecular formula is C12H11F4NO. The predicted molar refractivity (Wildman–Crippen MR) is 56.1 cm³/mol. The van der Waals surface area contributed by atoms with Crippen LogP contribution >= 0.6 is 0 Å². The van der Waals surface area contributed by atoms with Crippen LogP contribution in [-0.4, -0.2) is 18.8 Å². The average Bonchev–Trinajstić information content (AvgIpc) is 2.63. The minimum atomic E-state index is -4.39. The van der Waals surface area contributed by atoms with Gasteiger partial charge in [0.05, 0.1) is 11.6 Å². The molecule has 0 spiro atoms. The molecule has 1 saturated heterocycles. The number of piperidine rings is 1. The molecule has 1 aromatic rings. The molecule has 1 aromatic carbocycles. The topological polar surface area (TPSA) is 21.3 Å². The van der Waals surface area contributed by atoms with Crippen LogP contribution in [0.25, 0.3) is 0 Å². The highest BCUT2D eigenvalue weighted by atomic mass is 19.4. The van der Waals surface area contributed by atoms with Crippen molar-refractivity contribution in [1.82, 2.24) is 5.32 Å². The van der Waals surface area contributed by atoms with E-state index < -0.39 is 24.0 Å². The molecule has 0 aliphatic carbocycles. The van der Waals surface area contributed by atoms with E-state index in [4.69, 9.17) is 4.74 Å². The highest BCUT2D eigenvalue weighted by molar-refractivity contribution is 5.44. The van der Waals surface area contributed by atoms with E-state index in [-0.39, 0.29) is 24.8 Å². The van der Waals surface area contributed by atoms with Gasteiger partial charge in [-0.05, 0) is 12.1 Å². The van der Waals surface area contributed by atoms with Gasteiger partial charge in [0.15, 0.2) is 0 Å². The van der Waals surface area contributed by atoms with Gasteiger partial charge in [-0.15, -0.1) is 0 Å². The fraction of sp³-hybridized carbons (Fsp3) is 0.500. The van der Waals surface area contributed by atoms with E-state index in [0.717, 1.165) is 12.1 Å². The lowest BCUT2D eigenvalue weighted by molar-refractivity contribution is -0.137. The maximum Gasteiger partial charge on any atom is 0.416 e. The van der Waals surface area contributed by atoms with Crippen molar-refractivity contribution >= 4 is 0 Å². The number of ether oxygens (including phenoxy) is 1. The largest absolute Gasteiger partial charge is 0.488 e. The first-order valence-electron chi connectivity index (χ1n) is 5.70. The summed E-state index contributed by atoms with van der Waals surface area (Å²) in [6.07, 6.45) is -5.59. The molecule has 1 N–H and O–H groups in total. The quantitative estimate of drug-likeness (QED) is 0.725. The van der Waals surface area contributed by atoms with Gasteiger partial charge in [-0.3, -0.25) is 0 Å². The van der Waals surface area contributed by atoms with Crippen LogP contribution in [0.2, 0.25) is 0 Å². The van der Waals surface area contributed by atoms with E-state index >= 15 is 0 Å². The van der Waals surface area contributed by atoms with Crippen LogP contribution in [-0.2, 0) is 6.18 Å². The SMILES string of the molecule is F[C@H]1CN[C@H]2c3ccc(C(F)(F)F)cc3OC2C1. The molecule has 2 heterocycles. The Labute approximate surface area is 101 Å². The van der Waals surface area contributed by atoms with E-state index in [1.54, 1.807) is 0 Å². The number of hydrogen-bond donors (Lipinski definition) is 1. The molecule has 0 radical (unpaired) electrons. The standard InChI is InChI=1S/C12H11F4NO/c13-7-4-10-11(17-5-7)8-2-1-6(12(14,15)16)3-9(8)18-10/h1-3,7,10-11,17H,4-5H2/t7-,10?,11+/m1/s1. The zero-order chi connectivity index (χ0) is 12.9. The maximum absolute atomic E-state index is 13.2. The van der Waals surface area contributed by atoms with Gasteiger partial charge < -0.3 is 10.1 Å². The lowest BCUT2D eigenvalue weighted by atomic mass is 9.95. The van der Waals surface area contributed by atoms with Gasteiger partial charge in [0.2, 0.25) is 0 Å². The van der Waals surface area contributed by atoms with Crippen molar-refractivity contribution in [1.29, 1.82) is 0 Å². The first-order valence-corrected chi connectivity index (χ1v) is 5.70. The Morgan fingerprint density at radius 1 is 1.28 bits per heavy atom. The lowest BCUT2D eigenvalue weighted by Crippen LogP contribution is -2.42. The lowest BCUT2D eigenvalue weighted by Gasteiger charge is -2.27. The van der Waals surface area contributed by atoms with Gasteiger partial charge in [-0.1, -0.05) is 6.07 Å². The van der Waals surface area contributed by atoms with Crippen molar-refractivity contribution < 1.29 is 22.3 Å². The zero-order valence-electron chi connectivity index (χ0n) is 9.30. The summed E-state index contributed by atoms with van der Waals surface area (Å²) in [6.45, 7) is 0.213. The van der Waals surface area contributed by atoms with E-state index in [1.807, 2.05) is 0 Å². The summed E-state index contributed by atoms with van der Waals surface area (Å²) < 4.78 is 56.3. The molecule has 3 atom stereocenters. The number of benzene rings is 1. The average molecular weight is 261 g/mol. The van der Waals surface area contributed by atoms with Crippen LogP contribution in [0.4, 0.5) is 17.6 Å². The van der Waals surface area contributed by atoms with Crippen LogP contribution in [0.5, 0.6) is 5.75 Å². The molecule has 0 amide bonds. The monoisotopic (exact) mass is 261 g/mol. The molecule has 0 aromatic heterocycles. The smallest absolute Gasteiger partial charge is 0.416 e. The van der Waals surface area contributed by atoms with E-state index in [0.29, 0.717) is 5.56 Å². The van der Waals surface area contributed by atoms with Gasteiger partial charge in [-0.2, -0.15) is 13.2 Å². The normalized spacial score (nSPS) is 30.6. The van der Waals surface area contributed by atoms with Crippen molar-refractivity contribution in [2.24, 2.45) is 0 Å². The number of alkyl halides is 4. The first-order chi connectivity index (χ1) is 8.45. The second-order valence-corrected chi connectivity index (χ2v) is 4.63. The van der Waals surface area contributed by atoms with Crippen LogP contribution in [0.15, 0.2) is 18.2 Å². The Hall–Kier alpha value is -1.30. The number of nitrogens with one attached hydrogen (secondary N) is 1. The Bertz CT molecular complexity index is 474. The van der Waals surface area contributed by atoms with Gasteiger partial charge >= 0.3 is 6.18 Å². The molecule has 18 heavy (non-hydrogen) atoms. The minimum Gasteiger partial charge on any atom is -0.488 e. The Balaban J connectivity index is 1.93. The van der Waals surface area contributed by atoms with Crippen molar-refractivity contribution in [2.45, 2.75) is 30.9 Å². The third-order valence-corrected chi connectivity index (χ3v) is 3.37. The number of fused-ring (bicyclic) bond motifs is 3. The molecule has 2 aliphatic rings. The van der Waals surface area contributed by atoms with Gasteiger partial charge in [0.25, 0.3) is 0 Å². The van der Waals surface area contributed by atoms with Crippen molar-refractivity contribution in [3.63, 3.8) is 0 Å². The summed E-state index contributed by atoms with van der Waals surface area (Å²) in [6, 6.07) is 3.24. The van der Waals surface area contributed by atoms with Crippen molar-refractivity contribution in [2.75, 3.05) is 6.54 Å². The summed E-state index contributed by atoms with van der Waals surface area (Å²) in [4.78, 5) is 0.